The minimum atomic E-state index is -3.78. The molecule has 1 aromatic carbocycles. The van der Waals surface area contributed by atoms with Crippen LogP contribution in [0.15, 0.2) is 30.3 Å². The van der Waals surface area contributed by atoms with E-state index >= 15 is 0 Å². The molecule has 4 bridgehead atoms. The van der Waals surface area contributed by atoms with Gasteiger partial charge in [0.25, 0.3) is 0 Å². The van der Waals surface area contributed by atoms with E-state index in [2.05, 4.69) is 39.3 Å². The maximum absolute atomic E-state index is 13.8. The van der Waals surface area contributed by atoms with Gasteiger partial charge in [-0.3, -0.25) is 4.79 Å². The summed E-state index contributed by atoms with van der Waals surface area (Å²) in [6, 6.07) is 9.91. The summed E-state index contributed by atoms with van der Waals surface area (Å²) in [5.41, 5.74) is -0.278. The molecule has 5 saturated carbocycles. The van der Waals surface area contributed by atoms with Gasteiger partial charge in [-0.25, -0.2) is 13.1 Å². The molecule has 5 aliphatic carbocycles. The molecule has 0 amide bonds. The molecule has 6 fully saturated rings. The van der Waals surface area contributed by atoms with Crippen LogP contribution in [0.3, 0.4) is 0 Å². The summed E-state index contributed by atoms with van der Waals surface area (Å²) >= 11 is 0. The summed E-state index contributed by atoms with van der Waals surface area (Å²) in [4.78, 5) is 13.1. The Morgan fingerprint density at radius 1 is 1.08 bits per heavy atom. The van der Waals surface area contributed by atoms with Crippen molar-refractivity contribution in [1.29, 1.82) is 0 Å². The van der Waals surface area contributed by atoms with E-state index in [1.54, 1.807) is 0 Å². The average molecular weight is 514 g/mol. The van der Waals surface area contributed by atoms with Gasteiger partial charge in [0.05, 0.1) is 23.4 Å². The number of ketones is 1. The summed E-state index contributed by atoms with van der Waals surface area (Å²) < 4.78 is 43.7. The lowest BCUT2D eigenvalue weighted by Gasteiger charge is -2.64. The first kappa shape index (κ1) is 25.1. The number of carbonyl (C=O) groups excluding carboxylic acids is 1. The van der Waals surface area contributed by atoms with Crippen LogP contribution in [0.4, 0.5) is 0 Å². The number of fused-ring (bicyclic) bond motifs is 2. The van der Waals surface area contributed by atoms with Crippen LogP contribution in [0.25, 0.3) is 0 Å². The van der Waals surface area contributed by atoms with Crippen LogP contribution in [-0.4, -0.2) is 44.7 Å². The van der Waals surface area contributed by atoms with Crippen molar-refractivity contribution in [2.45, 2.75) is 90.8 Å². The first-order chi connectivity index (χ1) is 16.8. The van der Waals surface area contributed by atoms with Crippen molar-refractivity contribution in [1.82, 2.24) is 4.72 Å². The van der Waals surface area contributed by atoms with E-state index in [1.165, 1.54) is 0 Å². The maximum Gasteiger partial charge on any atom is 0.477 e. The van der Waals surface area contributed by atoms with Crippen molar-refractivity contribution in [3.05, 3.63) is 35.9 Å². The predicted molar refractivity (Wildman–Crippen MR) is 140 cm³/mol. The van der Waals surface area contributed by atoms with Gasteiger partial charge < -0.3 is 9.31 Å². The molecule has 36 heavy (non-hydrogen) atoms. The zero-order chi connectivity index (χ0) is 25.7. The normalized spacial score (nSPS) is 40.7. The third kappa shape index (κ3) is 3.46. The molecule has 1 N–H and O–H groups in total. The number of hydrogen-bond acceptors (Lipinski definition) is 5. The van der Waals surface area contributed by atoms with E-state index in [1.807, 2.05) is 30.3 Å². The summed E-state index contributed by atoms with van der Waals surface area (Å²) in [7, 11) is -4.44. The van der Waals surface area contributed by atoms with Gasteiger partial charge >= 0.3 is 7.12 Å². The quantitative estimate of drug-likeness (QED) is 0.554. The fourth-order valence-electron chi connectivity index (χ4n) is 8.84. The first-order valence-corrected chi connectivity index (χ1v) is 15.3. The monoisotopic (exact) mass is 513 g/mol. The van der Waals surface area contributed by atoms with Gasteiger partial charge in [0.1, 0.15) is 5.78 Å². The topological polar surface area (TPSA) is 81.7 Å². The summed E-state index contributed by atoms with van der Waals surface area (Å²) in [6.45, 7) is 11.0. The van der Waals surface area contributed by atoms with Gasteiger partial charge in [-0.2, -0.15) is 0 Å². The Balaban J connectivity index is 1.27. The number of carbonyl (C=O) groups is 1. The molecule has 7 rings (SSSR count). The van der Waals surface area contributed by atoms with Crippen molar-refractivity contribution in [3.63, 3.8) is 0 Å². The number of benzene rings is 1. The highest BCUT2D eigenvalue weighted by Gasteiger charge is 2.69. The Morgan fingerprint density at radius 3 is 2.42 bits per heavy atom. The minimum absolute atomic E-state index is 0.0217. The molecule has 6 nitrogen and oxygen atoms in total. The molecule has 7 atom stereocenters. The van der Waals surface area contributed by atoms with E-state index in [9.17, 15) is 13.2 Å². The molecule has 1 saturated heterocycles. The molecular formula is C28H40BNO5S. The van der Waals surface area contributed by atoms with Crippen molar-refractivity contribution >= 4 is 22.9 Å². The van der Waals surface area contributed by atoms with Gasteiger partial charge in [-0.15, -0.1) is 0 Å². The molecule has 8 heteroatoms. The van der Waals surface area contributed by atoms with Gasteiger partial charge in [0, 0.05) is 11.8 Å². The fourth-order valence-corrected chi connectivity index (χ4v) is 10.9. The highest BCUT2D eigenvalue weighted by Crippen LogP contribution is 2.66. The molecule has 1 aliphatic heterocycles. The van der Waals surface area contributed by atoms with Gasteiger partial charge in [-0.1, -0.05) is 58.0 Å². The van der Waals surface area contributed by atoms with Crippen LogP contribution in [0.5, 0.6) is 0 Å². The largest absolute Gasteiger partial charge is 0.477 e. The van der Waals surface area contributed by atoms with Crippen LogP contribution >= 0.6 is 0 Å². The number of sulfonamides is 1. The van der Waals surface area contributed by atoms with E-state index in [-0.39, 0.29) is 34.4 Å². The number of nitrogens with one attached hydrogen (secondary N) is 1. The molecule has 1 heterocycles. The Kier molecular flexibility index (Phi) is 5.51. The van der Waals surface area contributed by atoms with Gasteiger partial charge in [-0.05, 0) is 73.2 Å². The van der Waals surface area contributed by atoms with Crippen molar-refractivity contribution < 1.29 is 22.5 Å². The second-order valence-corrected chi connectivity index (χ2v) is 15.4. The predicted octanol–water partition coefficient (Wildman–Crippen LogP) is 4.18. The summed E-state index contributed by atoms with van der Waals surface area (Å²) in [5.74, 6) is 0.700. The number of Topliss-reactive ketones (excluding diaryl/α,β-unsaturated/α-hetero) is 1. The van der Waals surface area contributed by atoms with E-state index in [0.29, 0.717) is 31.1 Å². The van der Waals surface area contributed by atoms with Crippen LogP contribution in [0, 0.1) is 34.0 Å². The molecule has 0 aromatic heterocycles. The maximum atomic E-state index is 13.8. The zero-order valence-corrected chi connectivity index (χ0v) is 23.1. The highest BCUT2D eigenvalue weighted by molar-refractivity contribution is 7.89. The summed E-state index contributed by atoms with van der Waals surface area (Å²) in [6.07, 6.45) is 4.63. The smallest absolute Gasteiger partial charge is 0.404 e. The van der Waals surface area contributed by atoms with E-state index in [4.69, 9.17) is 9.31 Å². The van der Waals surface area contributed by atoms with Gasteiger partial charge in [0.2, 0.25) is 10.0 Å². The lowest BCUT2D eigenvalue weighted by molar-refractivity contribution is -0.199. The molecular weight excluding hydrogens is 473 g/mol. The van der Waals surface area contributed by atoms with Crippen molar-refractivity contribution in [3.8, 4) is 0 Å². The third-order valence-corrected chi connectivity index (χ3v) is 13.0. The Hall–Kier alpha value is -1.22. The highest BCUT2D eigenvalue weighted by atomic mass is 32.2. The molecule has 0 spiro atoms. The minimum Gasteiger partial charge on any atom is -0.404 e. The van der Waals surface area contributed by atoms with Gasteiger partial charge in [0.15, 0.2) is 0 Å². The Bertz CT molecular complexity index is 1170. The van der Waals surface area contributed by atoms with E-state index in [0.717, 1.165) is 24.8 Å². The zero-order valence-electron chi connectivity index (χ0n) is 22.3. The lowest BCUT2D eigenvalue weighted by Crippen LogP contribution is -2.65. The Labute approximate surface area is 216 Å². The van der Waals surface area contributed by atoms with Crippen molar-refractivity contribution in [2.24, 2.45) is 34.0 Å². The van der Waals surface area contributed by atoms with E-state index < -0.39 is 34.1 Å². The molecule has 196 valence electrons. The SMILES string of the molecule is CC1(C)[C@@H]2C[C@H]3OB([C@H](Cc4ccccc4)NS(=O)(=O)C[C@]45CC[C@H](CC4=O)C5(C)C)O[C@@]3(C)[C@H]1C2. The fraction of sp³-hybridized carbons (Fsp3) is 0.750. The first-order valence-electron chi connectivity index (χ1n) is 13.7. The summed E-state index contributed by atoms with van der Waals surface area (Å²) in [5, 5.41) is 0. The second-order valence-electron chi connectivity index (χ2n) is 13.7. The number of hydrogen-bond donors (Lipinski definition) is 1. The molecule has 0 radical (unpaired) electrons. The van der Waals surface area contributed by atoms with Crippen LogP contribution < -0.4 is 4.72 Å². The second kappa shape index (κ2) is 7.90. The average Bonchev–Trinajstić information content (AvgIpc) is 3.34. The number of rotatable bonds is 7. The van der Waals surface area contributed by atoms with Crippen LogP contribution in [-0.2, 0) is 30.5 Å². The molecule has 6 aliphatic rings. The van der Waals surface area contributed by atoms with Crippen LogP contribution in [0.1, 0.15) is 72.3 Å². The molecule has 0 unspecified atom stereocenters. The van der Waals surface area contributed by atoms with Crippen molar-refractivity contribution in [2.75, 3.05) is 5.75 Å². The lowest BCUT2D eigenvalue weighted by atomic mass is 9.43. The Morgan fingerprint density at radius 2 is 1.81 bits per heavy atom. The third-order valence-electron chi connectivity index (χ3n) is 11.5. The van der Waals surface area contributed by atoms with Crippen LogP contribution in [0.2, 0.25) is 0 Å². The standard InChI is InChI=1S/C28H40BNO5S/c1-25(2)20-14-21(25)27(5)23(16-20)34-29(35-27)24(13-18-9-7-6-8-10-18)30-36(32,33)17-28-12-11-19(15-22(28)31)26(28,3)4/h6-10,19-21,23-24,30H,11-17H2,1-5H3/t19-,20+,21+,23-,24+,27+,28-/m1/s1. The molecule has 1 aromatic rings.